The second-order valence-corrected chi connectivity index (χ2v) is 7.10. The van der Waals surface area contributed by atoms with Gasteiger partial charge in [0.15, 0.2) is 15.7 Å². The summed E-state index contributed by atoms with van der Waals surface area (Å²) in [5, 5.41) is 11.6. The van der Waals surface area contributed by atoms with Crippen molar-refractivity contribution >= 4 is 21.6 Å². The first-order chi connectivity index (χ1) is 8.82. The number of amidine groups is 1. The minimum atomic E-state index is -3.04. The van der Waals surface area contributed by atoms with Crippen LogP contribution < -0.4 is 5.73 Å². The van der Waals surface area contributed by atoms with Crippen LogP contribution in [-0.2, 0) is 14.6 Å². The normalized spacial score (nSPS) is 24.1. The molecule has 2 atom stereocenters. The van der Waals surface area contributed by atoms with E-state index in [0.717, 1.165) is 0 Å². The highest BCUT2D eigenvalue weighted by atomic mass is 32.2. The Kier molecular flexibility index (Phi) is 5.16. The summed E-state index contributed by atoms with van der Waals surface area (Å²) in [6.07, 6.45) is 1.63. The van der Waals surface area contributed by atoms with Crippen molar-refractivity contribution in [3.63, 3.8) is 0 Å². The highest BCUT2D eigenvalue weighted by Gasteiger charge is 2.35. The van der Waals surface area contributed by atoms with E-state index in [9.17, 15) is 13.2 Å². The average Bonchev–Trinajstić information content (AvgIpc) is 2.73. The Morgan fingerprint density at radius 3 is 2.63 bits per heavy atom. The van der Waals surface area contributed by atoms with Crippen LogP contribution in [-0.4, -0.2) is 54.9 Å². The van der Waals surface area contributed by atoms with E-state index in [4.69, 9.17) is 10.9 Å². The van der Waals surface area contributed by atoms with Gasteiger partial charge in [-0.1, -0.05) is 18.5 Å². The van der Waals surface area contributed by atoms with Gasteiger partial charge in [-0.25, -0.2) is 8.42 Å². The number of rotatable bonds is 5. The van der Waals surface area contributed by atoms with Gasteiger partial charge in [0, 0.05) is 13.1 Å². The van der Waals surface area contributed by atoms with E-state index in [2.05, 4.69) is 5.16 Å². The van der Waals surface area contributed by atoms with E-state index in [1.165, 1.54) is 4.90 Å². The average molecular weight is 291 g/mol. The molecule has 2 unspecified atom stereocenters. The Bertz CT molecular complexity index is 461. The minimum Gasteiger partial charge on any atom is -0.409 e. The lowest BCUT2D eigenvalue weighted by atomic mass is 10.00. The molecule has 1 heterocycles. The summed E-state index contributed by atoms with van der Waals surface area (Å²) in [6, 6.07) is -0.316. The molecule has 0 aromatic rings. The van der Waals surface area contributed by atoms with E-state index < -0.39 is 15.8 Å². The van der Waals surface area contributed by atoms with Gasteiger partial charge < -0.3 is 15.8 Å². The molecule has 0 aliphatic carbocycles. The SMILES string of the molecule is CCCC(C(=O)N(C)C1CCS(=O)(=O)C1)C(N)=NO. The molecule has 1 amide bonds. The number of hydrogen-bond acceptors (Lipinski definition) is 5. The Labute approximate surface area is 113 Å². The van der Waals surface area contributed by atoms with E-state index in [-0.39, 0.29) is 29.3 Å². The first-order valence-electron chi connectivity index (χ1n) is 6.27. The zero-order chi connectivity index (χ0) is 14.6. The molecule has 0 aromatic heterocycles. The number of sulfone groups is 1. The van der Waals surface area contributed by atoms with Gasteiger partial charge in [0.05, 0.1) is 17.4 Å². The molecular formula is C11H21N3O4S. The van der Waals surface area contributed by atoms with Gasteiger partial charge in [0.25, 0.3) is 0 Å². The molecular weight excluding hydrogens is 270 g/mol. The fourth-order valence-electron chi connectivity index (χ4n) is 2.26. The minimum absolute atomic E-state index is 0.00967. The van der Waals surface area contributed by atoms with Crippen LogP contribution in [0.1, 0.15) is 26.2 Å². The molecule has 110 valence electrons. The number of oxime groups is 1. The predicted molar refractivity (Wildman–Crippen MR) is 71.6 cm³/mol. The zero-order valence-corrected chi connectivity index (χ0v) is 12.1. The third-order valence-electron chi connectivity index (χ3n) is 3.45. The summed E-state index contributed by atoms with van der Waals surface area (Å²) in [7, 11) is -1.47. The molecule has 0 bridgehead atoms. The number of carbonyl (C=O) groups excluding carboxylic acids is 1. The van der Waals surface area contributed by atoms with Gasteiger partial charge in [-0.3, -0.25) is 4.79 Å². The Balaban J connectivity index is 2.80. The highest BCUT2D eigenvalue weighted by Crippen LogP contribution is 2.20. The second-order valence-electron chi connectivity index (χ2n) is 4.87. The van der Waals surface area contributed by atoms with Crippen LogP contribution in [0, 0.1) is 5.92 Å². The smallest absolute Gasteiger partial charge is 0.233 e. The topological polar surface area (TPSA) is 113 Å². The highest BCUT2D eigenvalue weighted by molar-refractivity contribution is 7.91. The lowest BCUT2D eigenvalue weighted by molar-refractivity contribution is -0.134. The molecule has 19 heavy (non-hydrogen) atoms. The van der Waals surface area contributed by atoms with Crippen LogP contribution in [0.2, 0.25) is 0 Å². The van der Waals surface area contributed by atoms with Crippen molar-refractivity contribution in [1.82, 2.24) is 4.90 Å². The summed E-state index contributed by atoms with van der Waals surface area (Å²) in [6.45, 7) is 1.89. The van der Waals surface area contributed by atoms with Crippen LogP contribution >= 0.6 is 0 Å². The molecule has 1 saturated heterocycles. The molecule has 3 N–H and O–H groups in total. The second kappa shape index (κ2) is 6.23. The van der Waals surface area contributed by atoms with Crippen LogP contribution in [0.3, 0.4) is 0 Å². The predicted octanol–water partition coefficient (Wildman–Crippen LogP) is -0.205. The molecule has 1 aliphatic heterocycles. The number of carbonyl (C=O) groups is 1. The Morgan fingerprint density at radius 1 is 1.58 bits per heavy atom. The van der Waals surface area contributed by atoms with Gasteiger partial charge >= 0.3 is 0 Å². The van der Waals surface area contributed by atoms with Crippen molar-refractivity contribution in [2.24, 2.45) is 16.8 Å². The molecule has 0 spiro atoms. The summed E-state index contributed by atoms with van der Waals surface area (Å²) in [5.74, 6) is -1.01. The van der Waals surface area contributed by atoms with Crippen molar-refractivity contribution < 1.29 is 18.4 Å². The lowest BCUT2D eigenvalue weighted by Crippen LogP contribution is -2.45. The van der Waals surface area contributed by atoms with Gasteiger partial charge in [-0.2, -0.15) is 0 Å². The van der Waals surface area contributed by atoms with Gasteiger partial charge in [0.2, 0.25) is 5.91 Å². The molecule has 1 rings (SSSR count). The van der Waals surface area contributed by atoms with Crippen LogP contribution in [0.5, 0.6) is 0 Å². The van der Waals surface area contributed by atoms with E-state index in [0.29, 0.717) is 19.3 Å². The first kappa shape index (κ1) is 15.7. The van der Waals surface area contributed by atoms with Crippen LogP contribution in [0.25, 0.3) is 0 Å². The van der Waals surface area contributed by atoms with E-state index in [1.54, 1.807) is 7.05 Å². The Hall–Kier alpha value is -1.31. The molecule has 1 fully saturated rings. The fourth-order valence-corrected chi connectivity index (χ4v) is 4.04. The van der Waals surface area contributed by atoms with Crippen LogP contribution in [0.15, 0.2) is 5.16 Å². The molecule has 0 saturated carbocycles. The van der Waals surface area contributed by atoms with Gasteiger partial charge in [0.1, 0.15) is 0 Å². The molecule has 0 aromatic carbocycles. The first-order valence-corrected chi connectivity index (χ1v) is 8.09. The monoisotopic (exact) mass is 291 g/mol. The van der Waals surface area contributed by atoms with Gasteiger partial charge in [-0.05, 0) is 12.8 Å². The quantitative estimate of drug-likeness (QED) is 0.315. The third kappa shape index (κ3) is 3.82. The number of amides is 1. The van der Waals surface area contributed by atoms with Crippen LogP contribution in [0.4, 0.5) is 0 Å². The third-order valence-corrected chi connectivity index (χ3v) is 5.20. The summed E-state index contributed by atoms with van der Waals surface area (Å²) >= 11 is 0. The molecule has 0 radical (unpaired) electrons. The molecule has 8 heteroatoms. The van der Waals surface area contributed by atoms with Crippen molar-refractivity contribution in [2.45, 2.75) is 32.2 Å². The van der Waals surface area contributed by atoms with E-state index >= 15 is 0 Å². The lowest BCUT2D eigenvalue weighted by Gasteiger charge is -2.27. The maximum Gasteiger partial charge on any atom is 0.233 e. The van der Waals surface area contributed by atoms with Crippen molar-refractivity contribution in [3.05, 3.63) is 0 Å². The van der Waals surface area contributed by atoms with Crippen molar-refractivity contribution in [2.75, 3.05) is 18.6 Å². The van der Waals surface area contributed by atoms with Gasteiger partial charge in [-0.15, -0.1) is 0 Å². The largest absolute Gasteiger partial charge is 0.409 e. The zero-order valence-electron chi connectivity index (χ0n) is 11.2. The number of nitrogens with zero attached hydrogens (tertiary/aromatic N) is 2. The summed E-state index contributed by atoms with van der Waals surface area (Å²) in [5.41, 5.74) is 5.53. The fraction of sp³-hybridized carbons (Fsp3) is 0.818. The Morgan fingerprint density at radius 2 is 2.21 bits per heavy atom. The summed E-state index contributed by atoms with van der Waals surface area (Å²) < 4.78 is 22.9. The molecule has 7 nitrogen and oxygen atoms in total. The maximum atomic E-state index is 12.3. The van der Waals surface area contributed by atoms with E-state index in [1.807, 2.05) is 6.92 Å². The van der Waals surface area contributed by atoms with Crippen molar-refractivity contribution in [3.8, 4) is 0 Å². The standard InChI is InChI=1S/C11H21N3O4S/c1-3-4-9(10(12)13-16)11(15)14(2)8-5-6-19(17,18)7-8/h8-9,16H,3-7H2,1-2H3,(H2,12,13). The summed E-state index contributed by atoms with van der Waals surface area (Å²) in [4.78, 5) is 13.7. The maximum absolute atomic E-state index is 12.3. The van der Waals surface area contributed by atoms with Crippen molar-refractivity contribution in [1.29, 1.82) is 0 Å². The number of hydrogen-bond donors (Lipinski definition) is 2. The number of nitrogens with two attached hydrogens (primary N) is 1. The molecule has 1 aliphatic rings.